The highest BCUT2D eigenvalue weighted by Gasteiger charge is 2.24. The molecule has 1 aliphatic heterocycles. The second kappa shape index (κ2) is 10.6. The summed E-state index contributed by atoms with van der Waals surface area (Å²) in [5.74, 6) is 0.240. The summed E-state index contributed by atoms with van der Waals surface area (Å²) >= 11 is 0. The molecule has 9 nitrogen and oxygen atoms in total. The number of fused-ring (bicyclic) bond motifs is 1. The number of ether oxygens (including phenoxy) is 1. The Kier molecular flexibility index (Phi) is 7.13. The van der Waals surface area contributed by atoms with Crippen molar-refractivity contribution < 1.29 is 19.0 Å². The second-order valence-corrected chi connectivity index (χ2v) is 9.04. The first-order valence-electron chi connectivity index (χ1n) is 12.1. The highest BCUT2D eigenvalue weighted by molar-refractivity contribution is 5.91. The number of morpholine rings is 1. The number of anilines is 3. The van der Waals surface area contributed by atoms with Gasteiger partial charge in [0.2, 0.25) is 0 Å². The smallest absolute Gasteiger partial charge is 0.152 e. The summed E-state index contributed by atoms with van der Waals surface area (Å²) in [4.78, 5) is 23.3. The average Bonchev–Trinajstić information content (AvgIpc) is 3.32. The Morgan fingerprint density at radius 3 is 2.84 bits per heavy atom. The summed E-state index contributed by atoms with van der Waals surface area (Å²) in [6.07, 6.45) is 5.13. The number of nitrogens with zero attached hydrogens (tertiary/aromatic N) is 4. The first-order chi connectivity index (χ1) is 18.0. The maximum Gasteiger partial charge on any atom is 0.152 e. The van der Waals surface area contributed by atoms with E-state index in [9.17, 15) is 14.3 Å². The van der Waals surface area contributed by atoms with Crippen molar-refractivity contribution in [3.05, 3.63) is 71.9 Å². The van der Waals surface area contributed by atoms with Crippen LogP contribution < -0.4 is 15.5 Å². The van der Waals surface area contributed by atoms with Gasteiger partial charge in [-0.05, 0) is 43.8 Å². The van der Waals surface area contributed by atoms with Crippen molar-refractivity contribution in [3.8, 4) is 11.3 Å². The zero-order valence-electron chi connectivity index (χ0n) is 20.7. The van der Waals surface area contributed by atoms with Gasteiger partial charge in [0.15, 0.2) is 6.29 Å². The molecule has 1 aliphatic rings. The molecule has 2 unspecified atom stereocenters. The number of nitrogens with one attached hydrogen (secondary N) is 2. The quantitative estimate of drug-likeness (QED) is 0.314. The van der Waals surface area contributed by atoms with Gasteiger partial charge in [0.05, 0.1) is 42.2 Å². The topological polar surface area (TPSA) is 104 Å². The third-order valence-electron chi connectivity index (χ3n) is 6.59. The van der Waals surface area contributed by atoms with Crippen molar-refractivity contribution in [2.24, 2.45) is 0 Å². The number of rotatable bonds is 8. The number of hydrogen-bond acceptors (Lipinski definition) is 8. The molecule has 0 bridgehead atoms. The molecule has 5 rings (SSSR count). The molecule has 0 aliphatic carbocycles. The predicted molar refractivity (Wildman–Crippen MR) is 140 cm³/mol. The van der Waals surface area contributed by atoms with Crippen LogP contribution in [0.15, 0.2) is 55.0 Å². The highest BCUT2D eigenvalue weighted by Crippen LogP contribution is 2.32. The number of benzene rings is 1. The van der Waals surface area contributed by atoms with Crippen LogP contribution in [0.1, 0.15) is 22.8 Å². The normalized spacial score (nSPS) is 16.6. The van der Waals surface area contributed by atoms with Gasteiger partial charge < -0.3 is 25.4 Å². The van der Waals surface area contributed by atoms with Crippen LogP contribution in [0.2, 0.25) is 0 Å². The number of imidazole rings is 1. The monoisotopic (exact) mass is 504 g/mol. The van der Waals surface area contributed by atoms with Gasteiger partial charge in [-0.3, -0.25) is 9.20 Å². The largest absolute Gasteiger partial charge is 0.391 e. The van der Waals surface area contributed by atoms with E-state index >= 15 is 0 Å². The van der Waals surface area contributed by atoms with Gasteiger partial charge in [0, 0.05) is 43.0 Å². The van der Waals surface area contributed by atoms with E-state index in [4.69, 9.17) is 4.74 Å². The molecule has 1 saturated heterocycles. The summed E-state index contributed by atoms with van der Waals surface area (Å²) in [6.45, 7) is 4.03. The van der Waals surface area contributed by atoms with Crippen molar-refractivity contribution in [3.63, 3.8) is 0 Å². The number of aldehydes is 1. The van der Waals surface area contributed by atoms with Crippen LogP contribution in [0.5, 0.6) is 0 Å². The summed E-state index contributed by atoms with van der Waals surface area (Å²) in [5, 5.41) is 16.3. The molecule has 4 aromatic rings. The van der Waals surface area contributed by atoms with E-state index in [0.29, 0.717) is 42.4 Å². The molecule has 3 N–H and O–H groups in total. The minimum atomic E-state index is -0.546. The van der Waals surface area contributed by atoms with Gasteiger partial charge in [-0.15, -0.1) is 0 Å². The lowest BCUT2D eigenvalue weighted by molar-refractivity contribution is -0.0364. The first kappa shape index (κ1) is 24.8. The van der Waals surface area contributed by atoms with Crippen LogP contribution in [0, 0.1) is 5.82 Å². The molecule has 1 aromatic carbocycles. The lowest BCUT2D eigenvalue weighted by Gasteiger charge is -2.35. The number of aliphatic hydroxyl groups is 1. The fourth-order valence-electron chi connectivity index (χ4n) is 4.66. The SMILES string of the molecule is CNCc1c(-c2cnc3cc(F)ccn23)ccc(Nc2ccc(N3CCOC(C(C)O)C3)cn2)c1C=O. The standard InChI is InChI=1S/C27H29FN6O3/c1-17(36)25-15-33(9-10-37-25)19-3-6-26(30-12-19)32-23-5-4-20(21(13-29-2)22(23)16-35)24-14-31-27-11-18(28)7-8-34(24)27/h3-8,11-12,14,16-17,25,29,36H,9-10,13,15H2,1-2H3,(H,30,32). The summed E-state index contributed by atoms with van der Waals surface area (Å²) < 4.78 is 21.1. The minimum Gasteiger partial charge on any atom is -0.391 e. The Morgan fingerprint density at radius 2 is 2.11 bits per heavy atom. The van der Waals surface area contributed by atoms with E-state index in [2.05, 4.69) is 25.5 Å². The van der Waals surface area contributed by atoms with E-state index in [1.54, 1.807) is 29.9 Å². The number of aliphatic hydroxyl groups excluding tert-OH is 1. The van der Waals surface area contributed by atoms with Crippen molar-refractivity contribution in [1.82, 2.24) is 19.7 Å². The number of halogens is 1. The van der Waals surface area contributed by atoms with Gasteiger partial charge in [0.1, 0.15) is 23.4 Å². The molecule has 0 saturated carbocycles. The Bertz CT molecular complexity index is 1410. The Hall–Kier alpha value is -3.86. The van der Waals surface area contributed by atoms with Crippen LogP contribution in [0.4, 0.5) is 21.6 Å². The van der Waals surface area contributed by atoms with Crippen molar-refractivity contribution in [2.45, 2.75) is 25.7 Å². The lowest BCUT2D eigenvalue weighted by atomic mass is 9.97. The third kappa shape index (κ3) is 5.04. The van der Waals surface area contributed by atoms with Crippen LogP contribution >= 0.6 is 0 Å². The van der Waals surface area contributed by atoms with E-state index < -0.39 is 6.10 Å². The molecule has 192 valence electrons. The fourth-order valence-corrected chi connectivity index (χ4v) is 4.66. The molecular weight excluding hydrogens is 475 g/mol. The number of hydrogen-bond donors (Lipinski definition) is 3. The van der Waals surface area contributed by atoms with Crippen LogP contribution in [0.3, 0.4) is 0 Å². The molecule has 3 aromatic heterocycles. The van der Waals surface area contributed by atoms with E-state index in [0.717, 1.165) is 35.3 Å². The van der Waals surface area contributed by atoms with Crippen molar-refractivity contribution in [1.29, 1.82) is 0 Å². The van der Waals surface area contributed by atoms with Crippen LogP contribution in [0.25, 0.3) is 16.9 Å². The first-order valence-corrected chi connectivity index (χ1v) is 12.1. The summed E-state index contributed by atoms with van der Waals surface area (Å²) in [5.41, 5.74) is 4.94. The Labute approximate surface area is 213 Å². The Morgan fingerprint density at radius 1 is 1.24 bits per heavy atom. The van der Waals surface area contributed by atoms with Crippen molar-refractivity contribution >= 4 is 29.1 Å². The molecule has 10 heteroatoms. The zero-order chi connectivity index (χ0) is 25.9. The number of carbonyl (C=O) groups excluding carboxylic acids is 1. The number of aromatic nitrogens is 3. The number of carbonyl (C=O) groups is 1. The maximum absolute atomic E-state index is 13.7. The predicted octanol–water partition coefficient (Wildman–Crippen LogP) is 3.40. The molecule has 0 amide bonds. The van der Waals surface area contributed by atoms with Gasteiger partial charge in [-0.2, -0.15) is 0 Å². The zero-order valence-corrected chi connectivity index (χ0v) is 20.7. The highest BCUT2D eigenvalue weighted by atomic mass is 19.1. The molecule has 4 heterocycles. The second-order valence-electron chi connectivity index (χ2n) is 9.04. The van der Waals surface area contributed by atoms with Gasteiger partial charge in [-0.25, -0.2) is 14.4 Å². The lowest BCUT2D eigenvalue weighted by Crippen LogP contribution is -2.47. The van der Waals surface area contributed by atoms with Crippen LogP contribution in [-0.4, -0.2) is 64.7 Å². The van der Waals surface area contributed by atoms with E-state index in [1.165, 1.54) is 12.1 Å². The third-order valence-corrected chi connectivity index (χ3v) is 6.59. The average molecular weight is 505 g/mol. The Balaban J connectivity index is 1.43. The molecule has 37 heavy (non-hydrogen) atoms. The summed E-state index contributed by atoms with van der Waals surface area (Å²) in [6, 6.07) is 10.3. The molecule has 1 fully saturated rings. The molecule has 0 spiro atoms. The molecule has 2 atom stereocenters. The van der Waals surface area contributed by atoms with Crippen LogP contribution in [-0.2, 0) is 11.3 Å². The fraction of sp³-hybridized carbons (Fsp3) is 0.296. The molecule has 0 radical (unpaired) electrons. The van der Waals surface area contributed by atoms with Crippen molar-refractivity contribution in [2.75, 3.05) is 37.0 Å². The maximum atomic E-state index is 13.7. The molecular formula is C27H29FN6O3. The van der Waals surface area contributed by atoms with Gasteiger partial charge in [-0.1, -0.05) is 6.07 Å². The van der Waals surface area contributed by atoms with Gasteiger partial charge >= 0.3 is 0 Å². The summed E-state index contributed by atoms with van der Waals surface area (Å²) in [7, 11) is 1.82. The van der Waals surface area contributed by atoms with E-state index in [1.807, 2.05) is 31.3 Å². The van der Waals surface area contributed by atoms with Gasteiger partial charge in [0.25, 0.3) is 0 Å². The number of pyridine rings is 2. The van der Waals surface area contributed by atoms with E-state index in [-0.39, 0.29) is 11.9 Å². The minimum absolute atomic E-state index is 0.238.